The van der Waals surface area contributed by atoms with Crippen LogP contribution in [0.3, 0.4) is 0 Å². The van der Waals surface area contributed by atoms with E-state index >= 15 is 0 Å². The maximum atomic E-state index is 10.5. The minimum absolute atomic E-state index is 0.141. The van der Waals surface area contributed by atoms with Crippen LogP contribution in [0.2, 0.25) is 0 Å². The molecule has 2 heterocycles. The van der Waals surface area contributed by atoms with Crippen LogP contribution in [0, 0.1) is 0 Å². The van der Waals surface area contributed by atoms with E-state index in [4.69, 9.17) is 4.74 Å². The molecule has 2 unspecified atom stereocenters. The number of aliphatic hydroxyl groups is 1. The Balaban J connectivity index is 2.27. The van der Waals surface area contributed by atoms with Gasteiger partial charge in [-0.1, -0.05) is 0 Å². The van der Waals surface area contributed by atoms with Crippen LogP contribution in [-0.4, -0.2) is 17.8 Å². The molecule has 1 aromatic heterocycles. The number of thiophene rings is 1. The zero-order valence-corrected chi connectivity index (χ0v) is 10.4. The summed E-state index contributed by atoms with van der Waals surface area (Å²) < 4.78 is 6.45. The topological polar surface area (TPSA) is 29.5 Å². The summed E-state index contributed by atoms with van der Waals surface area (Å²) in [5.41, 5.74) is -0.690. The average Bonchev–Trinajstić information content (AvgIpc) is 2.51. The Bertz CT molecular complexity index is 326. The van der Waals surface area contributed by atoms with Crippen LogP contribution in [-0.2, 0) is 10.3 Å². The van der Waals surface area contributed by atoms with E-state index in [0.717, 1.165) is 9.35 Å². The Kier molecular flexibility index (Phi) is 2.98. The molecule has 14 heavy (non-hydrogen) atoms. The highest BCUT2D eigenvalue weighted by molar-refractivity contribution is 9.10. The van der Waals surface area contributed by atoms with Crippen molar-refractivity contribution in [1.29, 1.82) is 0 Å². The maximum absolute atomic E-state index is 10.5. The molecule has 1 saturated heterocycles. The highest BCUT2D eigenvalue weighted by atomic mass is 79.9. The molecular weight excluding hydrogens is 264 g/mol. The zero-order valence-electron chi connectivity index (χ0n) is 8.00. The normalized spacial score (nSPS) is 33.2. The van der Waals surface area contributed by atoms with E-state index in [2.05, 4.69) is 15.9 Å². The van der Waals surface area contributed by atoms with E-state index in [9.17, 15) is 5.11 Å². The summed E-state index contributed by atoms with van der Waals surface area (Å²) in [6.45, 7) is 2.65. The molecular formula is C10H13BrO2S. The Morgan fingerprint density at radius 3 is 3.07 bits per heavy atom. The molecule has 0 bridgehead atoms. The molecule has 2 nitrogen and oxygen atoms in total. The average molecular weight is 277 g/mol. The summed E-state index contributed by atoms with van der Waals surface area (Å²) in [6.07, 6.45) is 1.52. The predicted molar refractivity (Wildman–Crippen MR) is 60.6 cm³/mol. The molecule has 1 aromatic rings. The molecule has 0 aliphatic carbocycles. The Hall–Kier alpha value is 0.1000. The molecule has 2 atom stereocenters. The Morgan fingerprint density at radius 1 is 1.71 bits per heavy atom. The van der Waals surface area contributed by atoms with E-state index in [0.29, 0.717) is 19.4 Å². The first-order chi connectivity index (χ1) is 6.62. The molecule has 1 fully saturated rings. The summed E-state index contributed by atoms with van der Waals surface area (Å²) in [5, 5.41) is 12.5. The van der Waals surface area contributed by atoms with Crippen LogP contribution < -0.4 is 0 Å². The van der Waals surface area contributed by atoms with Crippen molar-refractivity contribution < 1.29 is 9.84 Å². The summed E-state index contributed by atoms with van der Waals surface area (Å²) in [6, 6.07) is 1.98. The first-order valence-electron chi connectivity index (χ1n) is 4.69. The lowest BCUT2D eigenvalue weighted by molar-refractivity contribution is -0.0997. The van der Waals surface area contributed by atoms with Gasteiger partial charge < -0.3 is 9.84 Å². The molecule has 1 N–H and O–H groups in total. The molecule has 0 amide bonds. The molecule has 1 aliphatic rings. The van der Waals surface area contributed by atoms with Gasteiger partial charge in [-0.3, -0.25) is 0 Å². The van der Waals surface area contributed by atoms with Crippen molar-refractivity contribution in [1.82, 2.24) is 0 Å². The smallest absolute Gasteiger partial charge is 0.105 e. The van der Waals surface area contributed by atoms with Crippen molar-refractivity contribution in [2.45, 2.75) is 31.5 Å². The standard InChI is InChI=1S/C10H13BrO2S/c1-7-6-10(12,3-4-13-7)9-8(11)2-5-14-9/h2,5,7,12H,3-4,6H2,1H3. The van der Waals surface area contributed by atoms with Gasteiger partial charge in [-0.15, -0.1) is 11.3 Å². The van der Waals surface area contributed by atoms with Crippen LogP contribution >= 0.6 is 27.3 Å². The van der Waals surface area contributed by atoms with Crippen molar-refractivity contribution in [3.05, 3.63) is 20.8 Å². The monoisotopic (exact) mass is 276 g/mol. The van der Waals surface area contributed by atoms with E-state index in [-0.39, 0.29) is 6.10 Å². The van der Waals surface area contributed by atoms with E-state index in [1.165, 1.54) is 0 Å². The second-order valence-electron chi connectivity index (χ2n) is 3.76. The number of halogens is 1. The first-order valence-corrected chi connectivity index (χ1v) is 6.36. The lowest BCUT2D eigenvalue weighted by Crippen LogP contribution is -2.36. The molecule has 78 valence electrons. The van der Waals surface area contributed by atoms with Crippen molar-refractivity contribution in [2.75, 3.05) is 6.61 Å². The van der Waals surface area contributed by atoms with Crippen LogP contribution in [0.4, 0.5) is 0 Å². The van der Waals surface area contributed by atoms with E-state index in [1.807, 2.05) is 18.4 Å². The lowest BCUT2D eigenvalue weighted by Gasteiger charge is -2.35. The summed E-state index contributed by atoms with van der Waals surface area (Å²) in [5.74, 6) is 0. The van der Waals surface area contributed by atoms with Gasteiger partial charge in [-0.2, -0.15) is 0 Å². The maximum Gasteiger partial charge on any atom is 0.105 e. The van der Waals surface area contributed by atoms with Crippen LogP contribution in [0.25, 0.3) is 0 Å². The van der Waals surface area contributed by atoms with Crippen LogP contribution in [0.1, 0.15) is 24.6 Å². The van der Waals surface area contributed by atoms with E-state index in [1.54, 1.807) is 11.3 Å². The third-order valence-electron chi connectivity index (χ3n) is 2.58. The van der Waals surface area contributed by atoms with Gasteiger partial charge in [0.2, 0.25) is 0 Å². The third-order valence-corrected chi connectivity index (χ3v) is 4.61. The van der Waals surface area contributed by atoms with Gasteiger partial charge in [-0.05, 0) is 34.3 Å². The fraction of sp³-hybridized carbons (Fsp3) is 0.600. The van der Waals surface area contributed by atoms with Gasteiger partial charge in [0.05, 0.1) is 17.6 Å². The van der Waals surface area contributed by atoms with Crippen molar-refractivity contribution >= 4 is 27.3 Å². The van der Waals surface area contributed by atoms with Gasteiger partial charge in [0, 0.05) is 17.3 Å². The Labute approximate surface area is 96.0 Å². The minimum atomic E-state index is -0.690. The quantitative estimate of drug-likeness (QED) is 0.855. The molecule has 0 spiro atoms. The summed E-state index contributed by atoms with van der Waals surface area (Å²) >= 11 is 5.07. The van der Waals surface area contributed by atoms with Crippen molar-refractivity contribution in [3.63, 3.8) is 0 Å². The fourth-order valence-corrected chi connectivity index (χ4v) is 3.78. The highest BCUT2D eigenvalue weighted by Crippen LogP contribution is 2.41. The van der Waals surface area contributed by atoms with Gasteiger partial charge in [0.25, 0.3) is 0 Å². The van der Waals surface area contributed by atoms with Gasteiger partial charge in [0.15, 0.2) is 0 Å². The number of hydrogen-bond acceptors (Lipinski definition) is 3. The number of ether oxygens (including phenoxy) is 1. The Morgan fingerprint density at radius 2 is 2.50 bits per heavy atom. The summed E-state index contributed by atoms with van der Waals surface area (Å²) in [4.78, 5) is 1.03. The van der Waals surface area contributed by atoms with Crippen LogP contribution in [0.5, 0.6) is 0 Å². The van der Waals surface area contributed by atoms with Gasteiger partial charge in [0.1, 0.15) is 5.60 Å². The number of hydrogen-bond donors (Lipinski definition) is 1. The lowest BCUT2D eigenvalue weighted by atomic mass is 9.89. The minimum Gasteiger partial charge on any atom is -0.384 e. The highest BCUT2D eigenvalue weighted by Gasteiger charge is 2.37. The molecule has 0 aromatic carbocycles. The van der Waals surface area contributed by atoms with E-state index < -0.39 is 5.60 Å². The van der Waals surface area contributed by atoms with Gasteiger partial charge in [-0.25, -0.2) is 0 Å². The van der Waals surface area contributed by atoms with Crippen LogP contribution in [0.15, 0.2) is 15.9 Å². The molecule has 0 saturated carbocycles. The fourth-order valence-electron chi connectivity index (χ4n) is 1.90. The largest absolute Gasteiger partial charge is 0.384 e. The molecule has 1 aliphatic heterocycles. The van der Waals surface area contributed by atoms with Crippen molar-refractivity contribution in [2.24, 2.45) is 0 Å². The second-order valence-corrected chi connectivity index (χ2v) is 5.54. The molecule has 0 radical (unpaired) electrons. The molecule has 4 heteroatoms. The van der Waals surface area contributed by atoms with Crippen molar-refractivity contribution in [3.8, 4) is 0 Å². The number of rotatable bonds is 1. The summed E-state index contributed by atoms with van der Waals surface area (Å²) in [7, 11) is 0. The zero-order chi connectivity index (χ0) is 10.2. The third kappa shape index (κ3) is 1.89. The first kappa shape index (κ1) is 10.6. The van der Waals surface area contributed by atoms with Gasteiger partial charge >= 0.3 is 0 Å². The second kappa shape index (κ2) is 3.93. The SMILES string of the molecule is CC1CC(O)(c2sccc2Br)CCO1. The predicted octanol–water partition coefficient (Wildman–Crippen LogP) is 2.90. The molecule has 2 rings (SSSR count).